The molecule has 0 saturated carbocycles. The number of hydrogen-bond acceptors (Lipinski definition) is 34. The van der Waals surface area contributed by atoms with Gasteiger partial charge in [0.2, 0.25) is 17.8 Å². The molecule has 5 aromatic carbocycles. The van der Waals surface area contributed by atoms with Crippen molar-refractivity contribution in [1.29, 1.82) is 0 Å². The van der Waals surface area contributed by atoms with E-state index >= 15 is 0 Å². The first-order valence-electron chi connectivity index (χ1n) is 20.2. The van der Waals surface area contributed by atoms with Gasteiger partial charge in [0, 0.05) is 59.4 Å². The van der Waals surface area contributed by atoms with Crippen LogP contribution in [0.1, 0.15) is 11.1 Å². The summed E-state index contributed by atoms with van der Waals surface area (Å²) >= 11 is 1.29. The summed E-state index contributed by atoms with van der Waals surface area (Å²) in [7, 11) is -12.9. The van der Waals surface area contributed by atoms with E-state index in [-0.39, 0.29) is 232 Å². The Morgan fingerprint density at radius 3 is 1.77 bits per heavy atom. The second-order valence-electron chi connectivity index (χ2n) is 14.1. The number of aliphatic hydroxyl groups is 1. The summed E-state index contributed by atoms with van der Waals surface area (Å²) < 4.78 is 117. The molecule has 1 heterocycles. The van der Waals surface area contributed by atoms with Crippen LogP contribution in [-0.4, -0.2) is 102 Å². The second-order valence-corrected chi connectivity index (χ2v) is 20.4. The Kier molecular flexibility index (Phi) is 40.9. The zero-order valence-electron chi connectivity index (χ0n) is 43.4. The van der Waals surface area contributed by atoms with E-state index < -0.39 is 57.3 Å². The largest absolute Gasteiger partial charge is 1.00 e. The van der Waals surface area contributed by atoms with Crippen molar-refractivity contribution in [2.45, 2.75) is 43.2 Å². The molecule has 0 spiro atoms. The van der Waals surface area contributed by atoms with Crippen LogP contribution in [0.25, 0.3) is 10.8 Å². The van der Waals surface area contributed by atoms with Crippen LogP contribution >= 0.6 is 36.1 Å². The van der Waals surface area contributed by atoms with Crippen molar-refractivity contribution in [3.63, 3.8) is 0 Å². The quantitative estimate of drug-likeness (QED) is 0.00532. The molecule has 43 heteroatoms. The molecule has 31 nitrogen and oxygen atoms in total. The van der Waals surface area contributed by atoms with Gasteiger partial charge in [-0.15, -0.1) is 19.6 Å². The number of phenols is 2. The summed E-state index contributed by atoms with van der Waals surface area (Å²) in [4.78, 5) is 15.5. The minimum absolute atomic E-state index is 0. The van der Waals surface area contributed by atoms with Gasteiger partial charge in [-0.2, -0.15) is 39.3 Å². The fraction of sp³-hybridized carbons (Fsp3) is 0.184. The maximum absolute atomic E-state index is 12.3. The van der Waals surface area contributed by atoms with E-state index in [0.717, 1.165) is 48.4 Å². The molecule has 0 aliphatic carbocycles. The van der Waals surface area contributed by atoms with Gasteiger partial charge in [0.25, 0.3) is 0 Å². The molecule has 0 unspecified atom stereocenters. The molecule has 1 radical (unpaired) electrons. The van der Waals surface area contributed by atoms with Crippen molar-refractivity contribution in [3.8, 4) is 11.5 Å². The Labute approximate surface area is 595 Å². The average Bonchev–Trinajstić information content (AvgIpc) is 3.36. The van der Waals surface area contributed by atoms with Crippen LogP contribution in [-0.2, 0) is 75.5 Å². The van der Waals surface area contributed by atoms with Gasteiger partial charge < -0.3 is 55.4 Å². The molecule has 0 amide bonds. The van der Waals surface area contributed by atoms with Gasteiger partial charge in [0.05, 0.1) is 78.6 Å². The van der Waals surface area contributed by atoms with Crippen LogP contribution in [0.4, 0.5) is 40.6 Å². The summed E-state index contributed by atoms with van der Waals surface area (Å²) in [5, 5.41) is 81.9. The van der Waals surface area contributed by atoms with Crippen LogP contribution < -0.4 is 180 Å². The maximum Gasteiger partial charge on any atom is 1.00 e. The number of fused-ring (bicyclic) bond motifs is 1. The monoisotopic (exact) mass is 1340 g/mol. The van der Waals surface area contributed by atoms with Crippen LogP contribution in [0.2, 0.25) is 0 Å². The van der Waals surface area contributed by atoms with Crippen molar-refractivity contribution in [2.24, 2.45) is 20.5 Å². The Morgan fingerprint density at radius 1 is 0.617 bits per heavy atom. The summed E-state index contributed by atoms with van der Waals surface area (Å²) in [5.74, 6) is -0.295. The number of nitrogens with zero attached hydrogens (tertiary/aromatic N) is 7. The van der Waals surface area contributed by atoms with Crippen molar-refractivity contribution >= 4 is 118 Å². The Hall–Kier alpha value is -0.531. The second kappa shape index (κ2) is 40.1. The third kappa shape index (κ3) is 26.0. The number of hydroxylamine groups is 1. The third-order valence-corrected chi connectivity index (χ3v) is 13.4. The number of aromatic nitrogens is 3. The van der Waals surface area contributed by atoms with Crippen LogP contribution in [0.3, 0.4) is 0 Å². The van der Waals surface area contributed by atoms with Gasteiger partial charge in [-0.3, -0.25) is 10.1 Å². The summed E-state index contributed by atoms with van der Waals surface area (Å²) in [6.07, 6.45) is 0. The van der Waals surface area contributed by atoms with E-state index in [1.807, 2.05) is 0 Å². The predicted octanol–water partition coefficient (Wildman–Crippen LogP) is -11.2. The van der Waals surface area contributed by atoms with Gasteiger partial charge in [0.15, 0.2) is 11.5 Å². The summed E-state index contributed by atoms with van der Waals surface area (Å²) in [6.45, 7) is 3.95. The average molecular weight is 1340 g/mol. The topological polar surface area (TPSA) is 470 Å². The van der Waals surface area contributed by atoms with E-state index in [1.165, 1.54) is 37.3 Å². The molecular formula is C38H36CuN11Na5O20S6. The first-order valence-corrected chi connectivity index (χ1v) is 26.6. The van der Waals surface area contributed by atoms with E-state index in [4.69, 9.17) is 14.4 Å². The molecule has 0 fully saturated rings. The van der Waals surface area contributed by atoms with Crippen molar-refractivity contribution in [1.82, 2.24) is 20.4 Å². The minimum Gasteiger partial charge on any atom is -0.744 e. The number of hydrogen-bond donors (Lipinski definition) is 7. The first kappa shape index (κ1) is 82.5. The van der Waals surface area contributed by atoms with Crippen LogP contribution in [0, 0.1) is 13.8 Å². The molecule has 81 heavy (non-hydrogen) atoms. The first-order chi connectivity index (χ1) is 35.6. The zero-order chi connectivity index (χ0) is 54.9. The fourth-order valence-electron chi connectivity index (χ4n) is 5.82. The van der Waals surface area contributed by atoms with Crippen molar-refractivity contribution < 1.29 is 258 Å². The van der Waals surface area contributed by atoms with Gasteiger partial charge in [-0.1, -0.05) is 6.07 Å². The fourth-order valence-corrected chi connectivity index (χ4v) is 9.04. The smallest absolute Gasteiger partial charge is 0.744 e. The number of rotatable bonds is 25. The molecule has 6 rings (SSSR count). The molecule has 0 aliphatic rings. The van der Waals surface area contributed by atoms with E-state index in [2.05, 4.69) is 75.6 Å². The van der Waals surface area contributed by atoms with Crippen LogP contribution in [0.15, 0.2) is 123 Å². The molecule has 0 aliphatic heterocycles. The zero-order valence-corrected chi connectivity index (χ0v) is 59.3. The molecule has 7 N–H and O–H groups in total. The van der Waals surface area contributed by atoms with E-state index in [9.17, 15) is 59.6 Å². The SMILES string of the molecule is CNc1nc(NCCO)nc(NCCNOOSc2cccc(S(=O)(=O)[O-])c2)n1.Cc1cc(N=Nc2c(SOO[O-])cc3c(S(=O)(=O)[O-])cc(N=Nc4ccc(S(=O)(=O)[O-])cc4)c(C)c3c2O)c(O)c(SOO[O-])c1.[Cu].[Na+].[Na+].[Na+].[Na+].[Na+]. The number of anilines is 3. The predicted molar refractivity (Wildman–Crippen MR) is 254 cm³/mol. The maximum atomic E-state index is 12.3. The molecule has 415 valence electrons. The number of phenolic OH excluding ortho intramolecular Hbond substituents is 2. The van der Waals surface area contributed by atoms with Gasteiger partial charge >= 0.3 is 148 Å². The van der Waals surface area contributed by atoms with E-state index in [0.29, 0.717) is 60.0 Å². The third-order valence-electron chi connectivity index (χ3n) is 9.04. The normalized spacial score (nSPS) is 11.2. The van der Waals surface area contributed by atoms with Crippen molar-refractivity contribution in [3.05, 3.63) is 83.9 Å². The summed E-state index contributed by atoms with van der Waals surface area (Å²) in [5.41, 5.74) is 2.31. The van der Waals surface area contributed by atoms with Gasteiger partial charge in [-0.25, -0.2) is 25.3 Å². The molecule has 0 saturated heterocycles. The molecule has 6 aromatic rings. The number of aromatic hydroxyl groups is 2. The van der Waals surface area contributed by atoms with Gasteiger partial charge in [0.1, 0.15) is 41.7 Å². The summed E-state index contributed by atoms with van der Waals surface area (Å²) in [6, 6.07) is 14.3. The molecule has 1 aromatic heterocycles. The standard InChI is InChI=1S/C24H20N4O14S4.C14H21N7O6S2.Cu.5Na/c1-11-7-17(23(29)19(8-11)44-42-40-32)27-28-22-18(43-41-39-31)9-15-20(46(36,37)38)10-16(12(2)21(15)24(22)30)26-25-13-3-5-14(6-4-13)45(33,34)35;1-15-12-19-13(21-14(20-12)17-7-8-22)16-5-6-18-26-27-28-10-3-2-4-11(9-10)29(23,24)25;;;;;;/h3-10,29-32H,1-2H3,(H,33,34,35)(H,36,37,38);2-4,9,18,22H,5-8H2,1H3,(H,23,24,25)(H3,15,16,17,19,20,21);;;;;;/q;;;5*+1/p-5. The molecular weight excluding hydrogens is 1300 g/mol. The number of aliphatic hydroxyl groups excluding tert-OH is 1. The van der Waals surface area contributed by atoms with Crippen LogP contribution in [0.5, 0.6) is 11.5 Å². The van der Waals surface area contributed by atoms with Gasteiger partial charge in [-0.05, 0) is 91.7 Å². The molecule has 0 bridgehead atoms. The number of benzene rings is 5. The number of azo groups is 2. The Balaban J connectivity index is 0. The Morgan fingerprint density at radius 2 is 1.20 bits per heavy atom. The number of aryl methyl sites for hydroxylation is 2. The number of nitrogens with one attached hydrogen (secondary N) is 4. The minimum atomic E-state index is -5.26. The Bertz CT molecular complexity index is 3400. The van der Waals surface area contributed by atoms with E-state index in [1.54, 1.807) is 20.0 Å². The van der Waals surface area contributed by atoms with Crippen molar-refractivity contribution in [2.75, 3.05) is 49.2 Å². The molecule has 0 atom stereocenters.